The van der Waals surface area contributed by atoms with Crippen LogP contribution in [0.2, 0.25) is 0 Å². The van der Waals surface area contributed by atoms with Gasteiger partial charge in [-0.3, -0.25) is 0 Å². The van der Waals surface area contributed by atoms with E-state index in [1.54, 1.807) is 7.11 Å². The zero-order valence-corrected chi connectivity index (χ0v) is 7.84. The number of terminal acetylenes is 1. The van der Waals surface area contributed by atoms with E-state index >= 15 is 0 Å². The largest absolute Gasteiger partial charge is 0.381 e. The zero-order valence-electron chi connectivity index (χ0n) is 7.84. The van der Waals surface area contributed by atoms with E-state index in [4.69, 9.17) is 11.2 Å². The maximum atomic E-state index is 5.33. The Labute approximate surface area is 74.7 Å². The monoisotopic (exact) mass is 167 g/mol. The molecule has 1 fully saturated rings. The first kappa shape index (κ1) is 9.57. The summed E-state index contributed by atoms with van der Waals surface area (Å²) in [5.41, 5.74) is 0. The molecule has 0 bridgehead atoms. The van der Waals surface area contributed by atoms with E-state index < -0.39 is 0 Å². The van der Waals surface area contributed by atoms with Gasteiger partial charge in [0.05, 0.1) is 12.1 Å². The summed E-state index contributed by atoms with van der Waals surface area (Å²) in [5.74, 6) is 2.73. The van der Waals surface area contributed by atoms with Crippen molar-refractivity contribution in [2.45, 2.75) is 44.4 Å². The Bertz CT molecular complexity index is 167. The van der Waals surface area contributed by atoms with Gasteiger partial charge in [-0.1, -0.05) is 12.8 Å². The van der Waals surface area contributed by atoms with Crippen molar-refractivity contribution < 1.29 is 4.74 Å². The molecule has 1 aliphatic rings. The molecule has 0 aliphatic heterocycles. The first-order chi connectivity index (χ1) is 5.80. The minimum absolute atomic E-state index is 0.243. The van der Waals surface area contributed by atoms with E-state index in [0.717, 1.165) is 19.3 Å². The number of hydrogen-bond acceptors (Lipinski definition) is 2. The van der Waals surface area contributed by atoms with Crippen LogP contribution in [0.4, 0.5) is 0 Å². The van der Waals surface area contributed by atoms with Crippen molar-refractivity contribution in [3.8, 4) is 12.3 Å². The maximum absolute atomic E-state index is 5.33. The molecule has 12 heavy (non-hydrogen) atoms. The molecule has 68 valence electrons. The summed E-state index contributed by atoms with van der Waals surface area (Å²) in [7, 11) is 1.76. The first-order valence-corrected chi connectivity index (χ1v) is 4.55. The van der Waals surface area contributed by atoms with Gasteiger partial charge in [-0.15, -0.1) is 6.42 Å². The van der Waals surface area contributed by atoms with Crippen molar-refractivity contribution in [2.75, 3.05) is 7.11 Å². The van der Waals surface area contributed by atoms with Crippen LogP contribution in [0.5, 0.6) is 0 Å². The second kappa shape index (κ2) is 4.49. The third-order valence-corrected chi connectivity index (χ3v) is 2.47. The van der Waals surface area contributed by atoms with E-state index in [-0.39, 0.29) is 6.04 Å². The molecule has 0 amide bonds. The third kappa shape index (κ3) is 2.23. The van der Waals surface area contributed by atoms with E-state index in [9.17, 15) is 0 Å². The van der Waals surface area contributed by atoms with Gasteiger partial charge in [-0.25, -0.2) is 0 Å². The van der Waals surface area contributed by atoms with Gasteiger partial charge >= 0.3 is 0 Å². The molecule has 0 aromatic heterocycles. The van der Waals surface area contributed by atoms with Gasteiger partial charge in [0.1, 0.15) is 0 Å². The number of methoxy groups -OCH3 is 1. The smallest absolute Gasteiger partial charge is 0.0686 e. The molecule has 0 aromatic rings. The molecule has 1 rings (SSSR count). The van der Waals surface area contributed by atoms with Crippen LogP contribution >= 0.6 is 0 Å². The minimum atomic E-state index is 0.243. The Kier molecular flexibility index (Phi) is 3.58. The zero-order chi connectivity index (χ0) is 8.97. The van der Waals surface area contributed by atoms with Crippen molar-refractivity contribution in [2.24, 2.45) is 0 Å². The minimum Gasteiger partial charge on any atom is -0.381 e. The molecule has 1 aliphatic carbocycles. The second-order valence-electron chi connectivity index (χ2n) is 3.32. The lowest BCUT2D eigenvalue weighted by Gasteiger charge is -2.36. The van der Waals surface area contributed by atoms with Crippen LogP contribution in [0.15, 0.2) is 0 Å². The van der Waals surface area contributed by atoms with Gasteiger partial charge in [-0.05, 0) is 19.3 Å². The molecule has 1 saturated carbocycles. The molecule has 1 N–H and O–H groups in total. The molecule has 0 radical (unpaired) electrons. The molecular weight excluding hydrogens is 150 g/mol. The topological polar surface area (TPSA) is 21.3 Å². The van der Waals surface area contributed by atoms with Crippen LogP contribution < -0.4 is 5.32 Å². The summed E-state index contributed by atoms with van der Waals surface area (Å²) in [6, 6.07) is 0.823. The predicted octanol–water partition coefficient (Wildman–Crippen LogP) is 1.17. The van der Waals surface area contributed by atoms with Crippen molar-refractivity contribution in [3.63, 3.8) is 0 Å². The highest BCUT2D eigenvalue weighted by Crippen LogP contribution is 2.22. The Morgan fingerprint density at radius 2 is 2.33 bits per heavy atom. The summed E-state index contributed by atoms with van der Waals surface area (Å²) in [6.07, 6.45) is 9.01. The molecule has 0 spiro atoms. The van der Waals surface area contributed by atoms with Crippen molar-refractivity contribution >= 4 is 0 Å². The third-order valence-electron chi connectivity index (χ3n) is 2.47. The van der Waals surface area contributed by atoms with Crippen LogP contribution in [-0.2, 0) is 4.74 Å². The molecule has 1 unspecified atom stereocenters. The van der Waals surface area contributed by atoms with Crippen molar-refractivity contribution in [1.82, 2.24) is 5.32 Å². The average molecular weight is 167 g/mol. The summed E-state index contributed by atoms with van der Waals surface area (Å²) in [4.78, 5) is 0. The maximum Gasteiger partial charge on any atom is 0.0686 e. The van der Waals surface area contributed by atoms with E-state index in [1.807, 2.05) is 0 Å². The molecule has 1 atom stereocenters. The lowest BCUT2D eigenvalue weighted by molar-refractivity contribution is 0.0158. The number of hydrogen-bond donors (Lipinski definition) is 1. The van der Waals surface area contributed by atoms with Gasteiger partial charge in [0.25, 0.3) is 0 Å². The summed E-state index contributed by atoms with van der Waals surface area (Å²) >= 11 is 0. The second-order valence-corrected chi connectivity index (χ2v) is 3.32. The molecule has 0 saturated heterocycles. The highest BCUT2D eigenvalue weighted by molar-refractivity contribution is 5.01. The predicted molar refractivity (Wildman–Crippen MR) is 49.9 cm³/mol. The Balaban J connectivity index is 2.14. The average Bonchev–Trinajstić information content (AvgIpc) is 2.03. The SMILES string of the molecule is C#CC(CC)NC1CC(OC)C1. The fraction of sp³-hybridized carbons (Fsp3) is 0.800. The van der Waals surface area contributed by atoms with E-state index in [1.165, 1.54) is 0 Å². The van der Waals surface area contributed by atoms with Gasteiger partial charge in [0, 0.05) is 13.2 Å². The number of ether oxygens (including phenoxy) is 1. The van der Waals surface area contributed by atoms with Crippen LogP contribution in [0.3, 0.4) is 0 Å². The highest BCUT2D eigenvalue weighted by atomic mass is 16.5. The lowest BCUT2D eigenvalue weighted by Crippen LogP contribution is -2.48. The Hall–Kier alpha value is -0.520. The molecule has 0 aromatic carbocycles. The summed E-state index contributed by atoms with van der Waals surface area (Å²) < 4.78 is 5.17. The molecule has 2 nitrogen and oxygen atoms in total. The quantitative estimate of drug-likeness (QED) is 0.634. The highest BCUT2D eigenvalue weighted by Gasteiger charge is 2.29. The van der Waals surface area contributed by atoms with Crippen LogP contribution in [0.25, 0.3) is 0 Å². The fourth-order valence-electron chi connectivity index (χ4n) is 1.46. The standard InChI is InChI=1S/C10H17NO/c1-4-8(5-2)11-9-6-10(7-9)12-3/h1,8-11H,5-7H2,2-3H3. The Morgan fingerprint density at radius 1 is 1.67 bits per heavy atom. The van der Waals surface area contributed by atoms with Crippen molar-refractivity contribution in [1.29, 1.82) is 0 Å². The van der Waals surface area contributed by atoms with E-state index in [0.29, 0.717) is 12.1 Å². The van der Waals surface area contributed by atoms with Gasteiger partial charge in [0.15, 0.2) is 0 Å². The van der Waals surface area contributed by atoms with Crippen molar-refractivity contribution in [3.05, 3.63) is 0 Å². The summed E-state index contributed by atoms with van der Waals surface area (Å²) in [5, 5.41) is 3.40. The normalized spacial score (nSPS) is 30.4. The van der Waals surface area contributed by atoms with Crippen LogP contribution in [0, 0.1) is 12.3 Å². The van der Waals surface area contributed by atoms with Gasteiger partial charge < -0.3 is 10.1 Å². The fourth-order valence-corrected chi connectivity index (χ4v) is 1.46. The lowest BCUT2D eigenvalue weighted by atomic mass is 9.88. The van der Waals surface area contributed by atoms with Crippen LogP contribution in [-0.4, -0.2) is 25.3 Å². The number of nitrogens with one attached hydrogen (secondary N) is 1. The van der Waals surface area contributed by atoms with Gasteiger partial charge in [0.2, 0.25) is 0 Å². The van der Waals surface area contributed by atoms with E-state index in [2.05, 4.69) is 18.2 Å². The molecule has 2 heteroatoms. The number of rotatable bonds is 4. The van der Waals surface area contributed by atoms with Gasteiger partial charge in [-0.2, -0.15) is 0 Å². The summed E-state index contributed by atoms with van der Waals surface area (Å²) in [6.45, 7) is 2.10. The molecule has 0 heterocycles. The first-order valence-electron chi connectivity index (χ1n) is 4.55. The Morgan fingerprint density at radius 3 is 2.75 bits per heavy atom. The van der Waals surface area contributed by atoms with Crippen LogP contribution in [0.1, 0.15) is 26.2 Å². The molecular formula is C10H17NO.